The zero-order valence-corrected chi connectivity index (χ0v) is 15.1. The summed E-state index contributed by atoms with van der Waals surface area (Å²) in [5.74, 6) is -1.63. The molecule has 1 fully saturated rings. The van der Waals surface area contributed by atoms with Gasteiger partial charge in [0.1, 0.15) is 6.54 Å². The molecule has 3 N–H and O–H groups in total. The Morgan fingerprint density at radius 3 is 2.81 bits per heavy atom. The number of carbonyl (C=O) groups is 4. The molecule has 4 amide bonds. The van der Waals surface area contributed by atoms with Gasteiger partial charge in [0.05, 0.1) is 18.3 Å². The van der Waals surface area contributed by atoms with Crippen LogP contribution in [0.15, 0.2) is 9.64 Å². The zero-order chi connectivity index (χ0) is 19.1. The second kappa shape index (κ2) is 9.17. The summed E-state index contributed by atoms with van der Waals surface area (Å²) in [4.78, 5) is 45.8. The third-order valence-corrected chi connectivity index (χ3v) is 4.26. The molecule has 26 heavy (non-hydrogen) atoms. The Hall–Kier alpha value is -2.63. The highest BCUT2D eigenvalue weighted by molar-refractivity contribution is 7.99. The summed E-state index contributed by atoms with van der Waals surface area (Å²) in [6.07, 6.45) is 0.163. The molecule has 12 heteroatoms. The van der Waals surface area contributed by atoms with Crippen LogP contribution in [0.3, 0.4) is 0 Å². The average Bonchev–Trinajstić information content (AvgIpc) is 3.02. The average molecular weight is 385 g/mol. The summed E-state index contributed by atoms with van der Waals surface area (Å²) in [7, 11) is 0. The maximum absolute atomic E-state index is 11.9. The van der Waals surface area contributed by atoms with Crippen molar-refractivity contribution in [1.29, 1.82) is 0 Å². The maximum atomic E-state index is 11.9. The normalized spacial score (nSPS) is 19.5. The lowest BCUT2D eigenvalue weighted by atomic mass is 9.95. The largest absolute Gasteiger partial charge is 0.465 e. The number of thioether (sulfide) groups is 1. The highest BCUT2D eigenvalue weighted by atomic mass is 32.2. The van der Waals surface area contributed by atoms with Crippen LogP contribution in [0.5, 0.6) is 0 Å². The van der Waals surface area contributed by atoms with Crippen LogP contribution in [-0.4, -0.2) is 59.0 Å². The second-order valence-corrected chi connectivity index (χ2v) is 6.32. The minimum Gasteiger partial charge on any atom is -0.465 e. The summed E-state index contributed by atoms with van der Waals surface area (Å²) >= 11 is 1.00. The van der Waals surface area contributed by atoms with Crippen LogP contribution >= 0.6 is 11.8 Å². The molecule has 1 aliphatic heterocycles. The molecule has 0 spiro atoms. The molecule has 142 valence electrons. The van der Waals surface area contributed by atoms with Gasteiger partial charge in [-0.1, -0.05) is 11.8 Å². The summed E-state index contributed by atoms with van der Waals surface area (Å²) in [6.45, 7) is 3.42. The molecule has 0 saturated carbocycles. The van der Waals surface area contributed by atoms with Crippen molar-refractivity contribution >= 4 is 35.6 Å². The van der Waals surface area contributed by atoms with E-state index in [-0.39, 0.29) is 48.4 Å². The van der Waals surface area contributed by atoms with E-state index in [2.05, 4.69) is 26.1 Å². The van der Waals surface area contributed by atoms with Crippen molar-refractivity contribution in [2.24, 2.45) is 5.92 Å². The Labute approximate surface area is 153 Å². The molecule has 1 saturated heterocycles. The van der Waals surface area contributed by atoms with E-state index in [1.807, 2.05) is 0 Å². The van der Waals surface area contributed by atoms with Crippen molar-refractivity contribution in [2.75, 3.05) is 18.9 Å². The molecule has 0 radical (unpaired) electrons. The Kier molecular flexibility index (Phi) is 6.95. The molecule has 11 nitrogen and oxygen atoms in total. The molecule has 0 bridgehead atoms. The molecule has 1 aromatic rings. The predicted octanol–water partition coefficient (Wildman–Crippen LogP) is -0.772. The summed E-state index contributed by atoms with van der Waals surface area (Å²) in [6, 6.07) is -0.901. The van der Waals surface area contributed by atoms with Crippen molar-refractivity contribution in [3.05, 3.63) is 5.89 Å². The van der Waals surface area contributed by atoms with Crippen molar-refractivity contribution in [2.45, 2.75) is 31.5 Å². The van der Waals surface area contributed by atoms with E-state index in [4.69, 9.17) is 9.15 Å². The van der Waals surface area contributed by atoms with E-state index in [0.717, 1.165) is 11.8 Å². The fourth-order valence-corrected chi connectivity index (χ4v) is 2.78. The first-order valence-corrected chi connectivity index (χ1v) is 8.86. The highest BCUT2D eigenvalue weighted by Gasteiger charge is 2.34. The SMILES string of the molecule is CCOC(=O)CNC(=O)CSc1nnc(CC2C(=O)NC(=O)NC2C)o1. The van der Waals surface area contributed by atoms with Crippen molar-refractivity contribution in [3.63, 3.8) is 0 Å². The minimum atomic E-state index is -0.533. The molecular weight excluding hydrogens is 366 g/mol. The Bertz CT molecular complexity index is 693. The van der Waals surface area contributed by atoms with Crippen LogP contribution in [0, 0.1) is 5.92 Å². The van der Waals surface area contributed by atoms with Gasteiger partial charge < -0.3 is 19.8 Å². The zero-order valence-electron chi connectivity index (χ0n) is 14.2. The van der Waals surface area contributed by atoms with E-state index in [1.54, 1.807) is 13.8 Å². The lowest BCUT2D eigenvalue weighted by Gasteiger charge is -2.27. The summed E-state index contributed by atoms with van der Waals surface area (Å²) in [5.41, 5.74) is 0. The van der Waals surface area contributed by atoms with Crippen LogP contribution < -0.4 is 16.0 Å². The van der Waals surface area contributed by atoms with Crippen molar-refractivity contribution in [1.82, 2.24) is 26.1 Å². The number of nitrogens with zero attached hydrogens (tertiary/aromatic N) is 2. The van der Waals surface area contributed by atoms with Crippen LogP contribution in [0.4, 0.5) is 4.79 Å². The third kappa shape index (κ3) is 5.72. The lowest BCUT2D eigenvalue weighted by Crippen LogP contribution is -2.57. The standard InChI is InChI=1S/C14H19N5O6S/c1-3-24-11(21)5-15-9(20)6-26-14-19-18-10(25-14)4-8-7(2)16-13(23)17-12(8)22/h7-8H,3-6H2,1-2H3,(H,15,20)(H2,16,17,22,23). The van der Waals surface area contributed by atoms with E-state index >= 15 is 0 Å². The van der Waals surface area contributed by atoms with Crippen LogP contribution in [0.25, 0.3) is 0 Å². The van der Waals surface area contributed by atoms with Crippen LogP contribution in [0.2, 0.25) is 0 Å². The van der Waals surface area contributed by atoms with Gasteiger partial charge >= 0.3 is 12.0 Å². The molecule has 0 aromatic carbocycles. The van der Waals surface area contributed by atoms with Gasteiger partial charge in [-0.05, 0) is 13.8 Å². The minimum absolute atomic E-state index is 0.0165. The molecule has 1 aromatic heterocycles. The van der Waals surface area contributed by atoms with E-state index in [0.29, 0.717) is 0 Å². The topological polar surface area (TPSA) is 153 Å². The van der Waals surface area contributed by atoms with Gasteiger partial charge in [0.15, 0.2) is 0 Å². The number of amides is 4. The molecule has 2 heterocycles. The Morgan fingerprint density at radius 1 is 1.35 bits per heavy atom. The molecule has 1 aliphatic rings. The number of rotatable bonds is 8. The fraction of sp³-hybridized carbons (Fsp3) is 0.571. The molecule has 2 atom stereocenters. The number of aromatic nitrogens is 2. The predicted molar refractivity (Wildman–Crippen MR) is 88.0 cm³/mol. The van der Waals surface area contributed by atoms with Gasteiger partial charge in [0.25, 0.3) is 5.22 Å². The molecule has 0 aliphatic carbocycles. The van der Waals surface area contributed by atoms with Gasteiger partial charge in [-0.25, -0.2) is 4.79 Å². The van der Waals surface area contributed by atoms with E-state index < -0.39 is 23.8 Å². The number of ether oxygens (including phenoxy) is 1. The number of hydrogen-bond donors (Lipinski definition) is 3. The number of urea groups is 1. The van der Waals surface area contributed by atoms with Crippen LogP contribution in [0.1, 0.15) is 19.7 Å². The Balaban J connectivity index is 1.79. The summed E-state index contributed by atoms with van der Waals surface area (Å²) in [5, 5.41) is 15.0. The van der Waals surface area contributed by atoms with Gasteiger partial charge in [-0.15, -0.1) is 10.2 Å². The first-order valence-electron chi connectivity index (χ1n) is 7.88. The molecule has 2 unspecified atom stereocenters. The molecule has 2 rings (SSSR count). The van der Waals surface area contributed by atoms with Crippen LogP contribution in [-0.2, 0) is 25.5 Å². The fourth-order valence-electron chi connectivity index (χ4n) is 2.17. The number of carbonyl (C=O) groups excluding carboxylic acids is 4. The van der Waals surface area contributed by atoms with E-state index in [9.17, 15) is 19.2 Å². The molecular formula is C14H19N5O6S. The monoisotopic (exact) mass is 385 g/mol. The van der Waals surface area contributed by atoms with Crippen molar-refractivity contribution in [3.8, 4) is 0 Å². The first-order chi connectivity index (χ1) is 12.4. The number of imide groups is 1. The summed E-state index contributed by atoms with van der Waals surface area (Å²) < 4.78 is 10.1. The van der Waals surface area contributed by atoms with Crippen molar-refractivity contribution < 1.29 is 28.3 Å². The van der Waals surface area contributed by atoms with Gasteiger partial charge in [0.2, 0.25) is 17.7 Å². The Morgan fingerprint density at radius 2 is 2.12 bits per heavy atom. The number of esters is 1. The first kappa shape index (κ1) is 19.7. The quantitative estimate of drug-likeness (QED) is 0.387. The van der Waals surface area contributed by atoms with E-state index in [1.165, 1.54) is 0 Å². The highest BCUT2D eigenvalue weighted by Crippen LogP contribution is 2.19. The smallest absolute Gasteiger partial charge is 0.325 e. The second-order valence-electron chi connectivity index (χ2n) is 5.39. The van der Waals surface area contributed by atoms with Gasteiger partial charge in [0, 0.05) is 12.5 Å². The lowest BCUT2D eigenvalue weighted by molar-refractivity contribution is -0.143. The third-order valence-electron chi connectivity index (χ3n) is 3.44. The number of nitrogens with one attached hydrogen (secondary N) is 3. The maximum Gasteiger partial charge on any atom is 0.325 e. The van der Waals surface area contributed by atoms with Gasteiger partial charge in [-0.2, -0.15) is 0 Å². The number of hydrogen-bond acceptors (Lipinski definition) is 9. The van der Waals surface area contributed by atoms with Gasteiger partial charge in [-0.3, -0.25) is 19.7 Å².